The molecule has 1 aliphatic carbocycles. The lowest BCUT2D eigenvalue weighted by atomic mass is 9.89. The number of hydrogen-bond donors (Lipinski definition) is 2. The van der Waals surface area contributed by atoms with Crippen molar-refractivity contribution in [1.82, 2.24) is 0 Å². The van der Waals surface area contributed by atoms with E-state index in [0.717, 1.165) is 33.0 Å². The summed E-state index contributed by atoms with van der Waals surface area (Å²) in [6, 6.07) is 5.73. The van der Waals surface area contributed by atoms with Gasteiger partial charge in [0, 0.05) is 16.8 Å². The summed E-state index contributed by atoms with van der Waals surface area (Å²) >= 11 is 7.62. The molecule has 0 radical (unpaired) electrons. The zero-order chi connectivity index (χ0) is 15.1. The van der Waals surface area contributed by atoms with Crippen LogP contribution in [-0.4, -0.2) is 11.8 Å². The Kier molecular flexibility index (Phi) is 3.47. The molecular formula is C15H13ClN2O2S. The van der Waals surface area contributed by atoms with Crippen LogP contribution in [0.3, 0.4) is 0 Å². The summed E-state index contributed by atoms with van der Waals surface area (Å²) in [7, 11) is 0. The molecule has 1 aromatic carbocycles. The van der Waals surface area contributed by atoms with Crippen LogP contribution in [0.4, 0.5) is 5.00 Å². The molecule has 0 aliphatic heterocycles. The Balaban J connectivity index is 2.23. The normalized spacial score (nSPS) is 12.5. The van der Waals surface area contributed by atoms with E-state index in [2.05, 4.69) is 5.32 Å². The van der Waals surface area contributed by atoms with Gasteiger partial charge < -0.3 is 11.1 Å². The summed E-state index contributed by atoms with van der Waals surface area (Å²) in [6.45, 7) is 1.41. The minimum atomic E-state index is -0.512. The molecule has 0 fully saturated rings. The summed E-state index contributed by atoms with van der Waals surface area (Å²) < 4.78 is 0. The van der Waals surface area contributed by atoms with Crippen LogP contribution in [0.25, 0.3) is 10.4 Å². The van der Waals surface area contributed by atoms with Gasteiger partial charge in [-0.2, -0.15) is 0 Å². The highest BCUT2D eigenvalue weighted by Gasteiger charge is 2.28. The number of primary amides is 1. The minimum absolute atomic E-state index is 0.220. The first-order chi connectivity index (χ1) is 9.99. The number of hydrogen-bond acceptors (Lipinski definition) is 3. The maximum absolute atomic E-state index is 11.8. The van der Waals surface area contributed by atoms with Crippen molar-refractivity contribution in [1.29, 1.82) is 0 Å². The fourth-order valence-corrected chi connectivity index (χ4v) is 4.33. The van der Waals surface area contributed by atoms with Crippen molar-refractivity contribution in [2.45, 2.75) is 19.8 Å². The summed E-state index contributed by atoms with van der Waals surface area (Å²) in [4.78, 5) is 24.1. The van der Waals surface area contributed by atoms with Gasteiger partial charge in [-0.25, -0.2) is 0 Å². The highest BCUT2D eigenvalue weighted by molar-refractivity contribution is 7.20. The molecule has 3 N–H and O–H groups in total. The molecule has 0 bridgehead atoms. The lowest BCUT2D eigenvalue weighted by molar-refractivity contribution is -0.114. The predicted molar refractivity (Wildman–Crippen MR) is 85.0 cm³/mol. The summed E-state index contributed by atoms with van der Waals surface area (Å²) in [5, 5.41) is 3.95. The van der Waals surface area contributed by atoms with Gasteiger partial charge in [0.1, 0.15) is 5.00 Å². The van der Waals surface area contributed by atoms with Gasteiger partial charge in [0.2, 0.25) is 5.91 Å². The highest BCUT2D eigenvalue weighted by Crippen LogP contribution is 2.46. The number of carbonyl (C=O) groups excluding carboxylic acids is 2. The Morgan fingerprint density at radius 2 is 2.00 bits per heavy atom. The van der Waals surface area contributed by atoms with E-state index in [0.29, 0.717) is 17.0 Å². The number of nitrogens with two attached hydrogens (primary N) is 1. The van der Waals surface area contributed by atoms with Crippen molar-refractivity contribution in [3.05, 3.63) is 39.9 Å². The topological polar surface area (TPSA) is 72.2 Å². The van der Waals surface area contributed by atoms with E-state index in [1.807, 2.05) is 18.2 Å². The van der Waals surface area contributed by atoms with Gasteiger partial charge in [-0.05, 0) is 35.6 Å². The van der Waals surface area contributed by atoms with Crippen molar-refractivity contribution >= 4 is 39.8 Å². The SMILES string of the molecule is CC(=O)Nc1sc2c(c1C(N)=O)CCc1c(Cl)cccc1-2. The van der Waals surface area contributed by atoms with E-state index in [9.17, 15) is 9.59 Å². The number of anilines is 1. The minimum Gasteiger partial charge on any atom is -0.365 e. The molecule has 2 amide bonds. The van der Waals surface area contributed by atoms with Crippen molar-refractivity contribution in [2.75, 3.05) is 5.32 Å². The van der Waals surface area contributed by atoms with Crippen LogP contribution in [0, 0.1) is 0 Å². The van der Waals surface area contributed by atoms with E-state index >= 15 is 0 Å². The average molecular weight is 321 g/mol. The van der Waals surface area contributed by atoms with Crippen molar-refractivity contribution < 1.29 is 9.59 Å². The maximum Gasteiger partial charge on any atom is 0.252 e. The molecule has 21 heavy (non-hydrogen) atoms. The molecule has 0 saturated heterocycles. The van der Waals surface area contributed by atoms with Crippen LogP contribution in [0.5, 0.6) is 0 Å². The third-order valence-electron chi connectivity index (χ3n) is 3.53. The third kappa shape index (κ3) is 2.32. The molecule has 1 aliphatic rings. The number of thiophene rings is 1. The Morgan fingerprint density at radius 3 is 2.67 bits per heavy atom. The van der Waals surface area contributed by atoms with Crippen molar-refractivity contribution in [2.24, 2.45) is 5.73 Å². The number of carbonyl (C=O) groups is 2. The third-order valence-corrected chi connectivity index (χ3v) is 5.07. The van der Waals surface area contributed by atoms with Gasteiger partial charge in [-0.15, -0.1) is 11.3 Å². The molecule has 0 atom stereocenters. The molecular weight excluding hydrogens is 308 g/mol. The second-order valence-electron chi connectivity index (χ2n) is 4.93. The Hall–Kier alpha value is -1.85. The smallest absolute Gasteiger partial charge is 0.252 e. The number of fused-ring (bicyclic) bond motifs is 3. The Morgan fingerprint density at radius 1 is 1.29 bits per heavy atom. The Bertz CT molecular complexity index is 767. The molecule has 0 unspecified atom stereocenters. The van der Waals surface area contributed by atoms with Gasteiger partial charge in [-0.3, -0.25) is 9.59 Å². The van der Waals surface area contributed by atoms with E-state index < -0.39 is 5.91 Å². The first-order valence-corrected chi connectivity index (χ1v) is 7.69. The first-order valence-electron chi connectivity index (χ1n) is 6.50. The number of nitrogens with one attached hydrogen (secondary N) is 1. The van der Waals surface area contributed by atoms with Crippen LogP contribution in [0.1, 0.15) is 28.4 Å². The fraction of sp³-hybridized carbons (Fsp3) is 0.200. The van der Waals surface area contributed by atoms with Crippen molar-refractivity contribution in [3.63, 3.8) is 0 Å². The van der Waals surface area contributed by atoms with Gasteiger partial charge in [-0.1, -0.05) is 23.7 Å². The molecule has 0 spiro atoms. The summed E-state index contributed by atoms with van der Waals surface area (Å²) in [6.07, 6.45) is 1.46. The van der Waals surface area contributed by atoms with Gasteiger partial charge in [0.05, 0.1) is 5.56 Å². The molecule has 1 heterocycles. The zero-order valence-electron chi connectivity index (χ0n) is 11.3. The molecule has 2 aromatic rings. The summed E-state index contributed by atoms with van der Waals surface area (Å²) in [5.74, 6) is -0.732. The number of halogens is 1. The lowest BCUT2D eigenvalue weighted by Crippen LogP contribution is -2.17. The maximum atomic E-state index is 11.8. The molecule has 108 valence electrons. The highest BCUT2D eigenvalue weighted by atomic mass is 35.5. The van der Waals surface area contributed by atoms with Crippen LogP contribution < -0.4 is 11.1 Å². The van der Waals surface area contributed by atoms with Crippen LogP contribution >= 0.6 is 22.9 Å². The van der Waals surface area contributed by atoms with Crippen LogP contribution in [0.2, 0.25) is 5.02 Å². The van der Waals surface area contributed by atoms with E-state index in [-0.39, 0.29) is 5.91 Å². The second kappa shape index (κ2) is 5.16. The lowest BCUT2D eigenvalue weighted by Gasteiger charge is -2.17. The standard InChI is InChI=1S/C15H13ClN2O2S/c1-7(19)18-15-12(14(17)20)10-6-5-8-9(13(10)21-15)3-2-4-11(8)16/h2-4H,5-6H2,1H3,(H2,17,20)(H,18,19). The largest absolute Gasteiger partial charge is 0.365 e. The first kappa shape index (κ1) is 14.1. The Labute approximate surface area is 130 Å². The van der Waals surface area contributed by atoms with Crippen molar-refractivity contribution in [3.8, 4) is 10.4 Å². The van der Waals surface area contributed by atoms with E-state index in [4.69, 9.17) is 17.3 Å². The number of benzene rings is 1. The molecule has 3 rings (SSSR count). The van der Waals surface area contributed by atoms with E-state index in [1.54, 1.807) is 0 Å². The molecule has 0 saturated carbocycles. The van der Waals surface area contributed by atoms with E-state index in [1.165, 1.54) is 18.3 Å². The predicted octanol–water partition coefficient (Wildman–Crippen LogP) is 3.22. The average Bonchev–Trinajstić information content (AvgIpc) is 2.76. The molecule has 1 aromatic heterocycles. The van der Waals surface area contributed by atoms with Crippen LogP contribution in [-0.2, 0) is 17.6 Å². The quantitative estimate of drug-likeness (QED) is 0.891. The van der Waals surface area contributed by atoms with Gasteiger partial charge in [0.15, 0.2) is 0 Å². The monoisotopic (exact) mass is 320 g/mol. The molecule has 6 heteroatoms. The zero-order valence-corrected chi connectivity index (χ0v) is 12.9. The fourth-order valence-electron chi connectivity index (χ4n) is 2.71. The molecule has 4 nitrogen and oxygen atoms in total. The number of amides is 2. The van der Waals surface area contributed by atoms with Gasteiger partial charge >= 0.3 is 0 Å². The van der Waals surface area contributed by atoms with Crippen LogP contribution in [0.15, 0.2) is 18.2 Å². The second-order valence-corrected chi connectivity index (χ2v) is 6.35. The summed E-state index contributed by atoms with van der Waals surface area (Å²) in [5.41, 5.74) is 8.94. The number of rotatable bonds is 2. The van der Waals surface area contributed by atoms with Gasteiger partial charge in [0.25, 0.3) is 5.91 Å².